The Balaban J connectivity index is 1.78. The molecule has 158 valence electrons. The van der Waals surface area contributed by atoms with Crippen molar-refractivity contribution in [1.29, 1.82) is 0 Å². The second-order valence-corrected chi connectivity index (χ2v) is 8.04. The number of ether oxygens (including phenoxy) is 2. The standard InChI is InChI=1S/C27H33NO2/c1-20(2)30-24-16-14-23(15-17-24)25(26-12-8-9-13-27(26)29-4)18-19-28-21(3)22-10-6-5-7-11-22/h5-17,20-21,25,28H,18-19H2,1-4H3/p+1/t21-,25+/m1/s1. The molecule has 3 rings (SSSR count). The molecule has 3 aromatic rings. The van der Waals surface area contributed by atoms with Gasteiger partial charge in [-0.05, 0) is 44.5 Å². The molecule has 0 bridgehead atoms. The van der Waals surface area contributed by atoms with Gasteiger partial charge in [0, 0.05) is 23.5 Å². The van der Waals surface area contributed by atoms with E-state index in [4.69, 9.17) is 9.47 Å². The Morgan fingerprint density at radius 1 is 0.767 bits per heavy atom. The van der Waals surface area contributed by atoms with Crippen LogP contribution in [0.1, 0.15) is 55.8 Å². The van der Waals surface area contributed by atoms with Gasteiger partial charge in [0.1, 0.15) is 17.5 Å². The number of rotatable bonds is 10. The molecule has 0 aliphatic heterocycles. The molecular weight excluding hydrogens is 370 g/mol. The smallest absolute Gasteiger partial charge is 0.122 e. The Labute approximate surface area is 181 Å². The minimum atomic E-state index is 0.176. The van der Waals surface area contributed by atoms with Crippen LogP contribution in [0, 0.1) is 0 Å². The van der Waals surface area contributed by atoms with Crippen LogP contribution in [-0.2, 0) is 0 Å². The first kappa shape index (κ1) is 21.9. The Morgan fingerprint density at radius 2 is 1.43 bits per heavy atom. The van der Waals surface area contributed by atoms with Crippen LogP contribution in [0.5, 0.6) is 11.5 Å². The summed E-state index contributed by atoms with van der Waals surface area (Å²) in [5, 5.41) is 2.42. The fourth-order valence-corrected chi connectivity index (χ4v) is 3.91. The van der Waals surface area contributed by atoms with E-state index in [-0.39, 0.29) is 12.0 Å². The average Bonchev–Trinajstić information content (AvgIpc) is 2.77. The molecule has 3 aromatic carbocycles. The Kier molecular flexibility index (Phi) is 7.92. The number of para-hydroxylation sites is 1. The zero-order valence-corrected chi connectivity index (χ0v) is 18.5. The van der Waals surface area contributed by atoms with Gasteiger partial charge in [-0.2, -0.15) is 0 Å². The summed E-state index contributed by atoms with van der Waals surface area (Å²) in [4.78, 5) is 0. The van der Waals surface area contributed by atoms with Crippen molar-refractivity contribution in [1.82, 2.24) is 0 Å². The van der Waals surface area contributed by atoms with Gasteiger partial charge in [-0.15, -0.1) is 0 Å². The highest BCUT2D eigenvalue weighted by Crippen LogP contribution is 2.34. The largest absolute Gasteiger partial charge is 0.496 e. The van der Waals surface area contributed by atoms with E-state index in [1.165, 1.54) is 16.7 Å². The highest BCUT2D eigenvalue weighted by Gasteiger charge is 2.20. The minimum absolute atomic E-state index is 0.176. The van der Waals surface area contributed by atoms with Crippen molar-refractivity contribution in [3.63, 3.8) is 0 Å². The molecule has 0 aliphatic carbocycles. The first-order valence-electron chi connectivity index (χ1n) is 10.9. The van der Waals surface area contributed by atoms with Crippen LogP contribution in [-0.4, -0.2) is 19.8 Å². The SMILES string of the molecule is COc1ccccc1[C@@H](CC[NH2+][C@H](C)c1ccccc1)c1ccc(OC(C)C)cc1. The molecule has 0 heterocycles. The maximum Gasteiger partial charge on any atom is 0.122 e. The molecule has 30 heavy (non-hydrogen) atoms. The summed E-state index contributed by atoms with van der Waals surface area (Å²) >= 11 is 0. The zero-order chi connectivity index (χ0) is 21.3. The van der Waals surface area contributed by atoms with Crippen molar-refractivity contribution in [2.75, 3.05) is 13.7 Å². The van der Waals surface area contributed by atoms with Crippen molar-refractivity contribution in [2.45, 2.75) is 45.3 Å². The second-order valence-electron chi connectivity index (χ2n) is 8.04. The van der Waals surface area contributed by atoms with Gasteiger partial charge >= 0.3 is 0 Å². The third kappa shape index (κ3) is 5.87. The van der Waals surface area contributed by atoms with Gasteiger partial charge < -0.3 is 14.8 Å². The van der Waals surface area contributed by atoms with E-state index >= 15 is 0 Å². The number of hydrogen-bond acceptors (Lipinski definition) is 2. The lowest BCUT2D eigenvalue weighted by Crippen LogP contribution is -2.84. The summed E-state index contributed by atoms with van der Waals surface area (Å²) in [7, 11) is 1.75. The van der Waals surface area contributed by atoms with Crippen molar-refractivity contribution < 1.29 is 14.8 Å². The van der Waals surface area contributed by atoms with E-state index in [0.717, 1.165) is 24.5 Å². The number of methoxy groups -OCH3 is 1. The topological polar surface area (TPSA) is 35.1 Å². The summed E-state index contributed by atoms with van der Waals surface area (Å²) in [6, 6.07) is 28.0. The predicted octanol–water partition coefficient (Wildman–Crippen LogP) is 5.33. The molecule has 2 N–H and O–H groups in total. The first-order valence-corrected chi connectivity index (χ1v) is 10.9. The maximum absolute atomic E-state index is 5.83. The third-order valence-electron chi connectivity index (χ3n) is 5.47. The van der Waals surface area contributed by atoms with Crippen molar-refractivity contribution in [3.8, 4) is 11.5 Å². The fourth-order valence-electron chi connectivity index (χ4n) is 3.91. The van der Waals surface area contributed by atoms with Crippen molar-refractivity contribution in [2.24, 2.45) is 0 Å². The number of nitrogens with two attached hydrogens (primary N) is 1. The molecule has 3 nitrogen and oxygen atoms in total. The molecule has 0 unspecified atom stereocenters. The summed E-state index contributed by atoms with van der Waals surface area (Å²) in [6.07, 6.45) is 1.21. The van der Waals surface area contributed by atoms with Gasteiger partial charge in [0.05, 0.1) is 19.8 Å². The fraction of sp³-hybridized carbons (Fsp3) is 0.333. The lowest BCUT2D eigenvalue weighted by molar-refractivity contribution is -0.693. The molecule has 0 aliphatic rings. The van der Waals surface area contributed by atoms with Crippen LogP contribution < -0.4 is 14.8 Å². The molecule has 0 fully saturated rings. The average molecular weight is 405 g/mol. The first-order chi connectivity index (χ1) is 14.6. The Bertz CT molecular complexity index is 890. The molecular formula is C27H34NO2+. The van der Waals surface area contributed by atoms with Crippen LogP contribution in [0.4, 0.5) is 0 Å². The van der Waals surface area contributed by atoms with Gasteiger partial charge in [0.15, 0.2) is 0 Å². The van der Waals surface area contributed by atoms with E-state index in [1.54, 1.807) is 7.11 Å². The van der Waals surface area contributed by atoms with E-state index in [0.29, 0.717) is 6.04 Å². The van der Waals surface area contributed by atoms with Crippen LogP contribution in [0.25, 0.3) is 0 Å². The monoisotopic (exact) mass is 404 g/mol. The summed E-state index contributed by atoms with van der Waals surface area (Å²) in [5.74, 6) is 2.13. The lowest BCUT2D eigenvalue weighted by atomic mass is 9.87. The molecule has 3 heteroatoms. The third-order valence-corrected chi connectivity index (χ3v) is 5.47. The number of quaternary nitrogens is 1. The lowest BCUT2D eigenvalue weighted by Gasteiger charge is -2.21. The van der Waals surface area contributed by atoms with E-state index in [1.807, 2.05) is 6.07 Å². The maximum atomic E-state index is 5.83. The predicted molar refractivity (Wildman–Crippen MR) is 123 cm³/mol. The van der Waals surface area contributed by atoms with Crippen LogP contribution in [0.2, 0.25) is 0 Å². The summed E-state index contributed by atoms with van der Waals surface area (Å²) in [6.45, 7) is 7.40. The van der Waals surface area contributed by atoms with Gasteiger partial charge in [-0.25, -0.2) is 0 Å². The van der Waals surface area contributed by atoms with E-state index in [2.05, 4.69) is 98.9 Å². The minimum Gasteiger partial charge on any atom is -0.496 e. The normalized spacial score (nSPS) is 13.1. The molecule has 0 amide bonds. The van der Waals surface area contributed by atoms with Crippen molar-refractivity contribution >= 4 is 0 Å². The highest BCUT2D eigenvalue weighted by atomic mass is 16.5. The zero-order valence-electron chi connectivity index (χ0n) is 18.5. The Morgan fingerprint density at radius 3 is 2.10 bits per heavy atom. The molecule has 0 spiro atoms. The van der Waals surface area contributed by atoms with Crippen LogP contribution in [0.3, 0.4) is 0 Å². The molecule has 0 radical (unpaired) electrons. The second kappa shape index (κ2) is 10.8. The van der Waals surface area contributed by atoms with Crippen LogP contribution in [0.15, 0.2) is 78.9 Å². The van der Waals surface area contributed by atoms with Gasteiger partial charge in [0.25, 0.3) is 0 Å². The number of benzene rings is 3. The van der Waals surface area contributed by atoms with E-state index < -0.39 is 0 Å². The Hall–Kier alpha value is -2.78. The summed E-state index contributed by atoms with van der Waals surface area (Å²) < 4.78 is 11.5. The number of hydrogen-bond donors (Lipinski definition) is 1. The molecule has 2 atom stereocenters. The van der Waals surface area contributed by atoms with Gasteiger partial charge in [0.2, 0.25) is 0 Å². The van der Waals surface area contributed by atoms with Gasteiger partial charge in [-0.3, -0.25) is 0 Å². The van der Waals surface area contributed by atoms with E-state index in [9.17, 15) is 0 Å². The molecule has 0 saturated carbocycles. The molecule has 0 saturated heterocycles. The van der Waals surface area contributed by atoms with Gasteiger partial charge in [-0.1, -0.05) is 60.7 Å². The van der Waals surface area contributed by atoms with Crippen molar-refractivity contribution in [3.05, 3.63) is 95.6 Å². The summed E-state index contributed by atoms with van der Waals surface area (Å²) in [5.41, 5.74) is 3.89. The quantitative estimate of drug-likeness (QED) is 0.496. The van der Waals surface area contributed by atoms with Crippen LogP contribution >= 0.6 is 0 Å². The highest BCUT2D eigenvalue weighted by molar-refractivity contribution is 5.43. The molecule has 0 aromatic heterocycles.